The van der Waals surface area contributed by atoms with Crippen LogP contribution in [0.4, 0.5) is 0 Å². The van der Waals surface area contributed by atoms with E-state index in [0.29, 0.717) is 12.5 Å². The van der Waals surface area contributed by atoms with Crippen LogP contribution in [0.15, 0.2) is 29.3 Å². The minimum atomic E-state index is 0.260. The van der Waals surface area contributed by atoms with Crippen molar-refractivity contribution in [3.63, 3.8) is 0 Å². The normalized spacial score (nSPS) is 18.2. The molecule has 0 amide bonds. The average molecular weight is 333 g/mol. The van der Waals surface area contributed by atoms with Crippen LogP contribution in [0.5, 0.6) is 0 Å². The molecule has 1 atom stereocenters. The maximum Gasteiger partial charge on any atom is 0.193 e. The van der Waals surface area contributed by atoms with Crippen molar-refractivity contribution in [2.45, 2.75) is 39.5 Å². The van der Waals surface area contributed by atoms with Gasteiger partial charge in [0.1, 0.15) is 0 Å². The van der Waals surface area contributed by atoms with Gasteiger partial charge >= 0.3 is 0 Å². The number of benzene rings is 1. The Balaban J connectivity index is 1.79. The first-order chi connectivity index (χ1) is 11.6. The van der Waals surface area contributed by atoms with Gasteiger partial charge in [-0.3, -0.25) is 4.99 Å². The number of ether oxygens (including phenoxy) is 2. The van der Waals surface area contributed by atoms with Crippen molar-refractivity contribution < 1.29 is 9.47 Å². The van der Waals surface area contributed by atoms with Gasteiger partial charge in [0.05, 0.1) is 19.3 Å². The highest BCUT2D eigenvalue weighted by Crippen LogP contribution is 2.13. The highest BCUT2D eigenvalue weighted by Gasteiger charge is 2.18. The third kappa shape index (κ3) is 6.13. The van der Waals surface area contributed by atoms with Crippen LogP contribution in [-0.2, 0) is 22.6 Å². The summed E-state index contributed by atoms with van der Waals surface area (Å²) in [7, 11) is 3.91. The molecule has 1 N–H and O–H groups in total. The zero-order valence-corrected chi connectivity index (χ0v) is 15.4. The lowest BCUT2D eigenvalue weighted by atomic mass is 10.1. The first kappa shape index (κ1) is 18.7. The Bertz CT molecular complexity index is 508. The molecule has 1 aromatic rings. The Labute approximate surface area is 146 Å². The van der Waals surface area contributed by atoms with Gasteiger partial charge < -0.3 is 19.7 Å². The van der Waals surface area contributed by atoms with E-state index in [2.05, 4.69) is 60.4 Å². The second kappa shape index (κ2) is 9.64. The first-order valence-corrected chi connectivity index (χ1v) is 8.77. The molecule has 2 rings (SSSR count). The fraction of sp³-hybridized carbons (Fsp3) is 0.632. The minimum absolute atomic E-state index is 0.260. The monoisotopic (exact) mass is 333 g/mol. The van der Waals surface area contributed by atoms with E-state index in [1.54, 1.807) is 0 Å². The average Bonchev–Trinajstić information content (AvgIpc) is 3.07. The maximum absolute atomic E-state index is 5.63. The molecule has 0 spiro atoms. The summed E-state index contributed by atoms with van der Waals surface area (Å²) in [6.07, 6.45) is 1.40. The van der Waals surface area contributed by atoms with Gasteiger partial charge in [-0.1, -0.05) is 24.3 Å². The van der Waals surface area contributed by atoms with Crippen molar-refractivity contribution in [2.24, 2.45) is 10.9 Å². The molecule has 0 saturated carbocycles. The van der Waals surface area contributed by atoms with E-state index < -0.39 is 0 Å². The molecule has 0 aromatic heterocycles. The van der Waals surface area contributed by atoms with Gasteiger partial charge in [-0.2, -0.15) is 0 Å². The maximum atomic E-state index is 5.63. The Morgan fingerprint density at radius 3 is 2.62 bits per heavy atom. The molecule has 0 bridgehead atoms. The summed E-state index contributed by atoms with van der Waals surface area (Å²) in [5, 5.41) is 3.43. The van der Waals surface area contributed by atoms with E-state index in [9.17, 15) is 0 Å². The van der Waals surface area contributed by atoms with Crippen LogP contribution >= 0.6 is 0 Å². The van der Waals surface area contributed by atoms with E-state index in [4.69, 9.17) is 9.47 Å². The lowest BCUT2D eigenvalue weighted by Gasteiger charge is -2.24. The van der Waals surface area contributed by atoms with E-state index in [1.165, 1.54) is 11.1 Å². The molecule has 1 aliphatic rings. The van der Waals surface area contributed by atoms with Gasteiger partial charge in [0.25, 0.3) is 0 Å². The number of guanidine groups is 1. The molecule has 1 fully saturated rings. The van der Waals surface area contributed by atoms with Gasteiger partial charge in [-0.05, 0) is 31.4 Å². The summed E-state index contributed by atoms with van der Waals surface area (Å²) < 4.78 is 11.1. The van der Waals surface area contributed by atoms with E-state index in [0.717, 1.165) is 38.7 Å². The van der Waals surface area contributed by atoms with Crippen LogP contribution < -0.4 is 5.32 Å². The zero-order chi connectivity index (χ0) is 17.4. The van der Waals surface area contributed by atoms with Crippen molar-refractivity contribution >= 4 is 5.96 Å². The second-order valence-electron chi connectivity index (χ2n) is 6.69. The molecule has 5 nitrogen and oxygen atoms in total. The molecular formula is C19H31N3O2. The SMILES string of the molecule is CN=C(NCc1ccc(COC(C)C)cc1)N(C)CC1CCOC1. The van der Waals surface area contributed by atoms with Gasteiger partial charge in [-0.15, -0.1) is 0 Å². The van der Waals surface area contributed by atoms with E-state index >= 15 is 0 Å². The number of hydrogen-bond donors (Lipinski definition) is 1. The van der Waals surface area contributed by atoms with Crippen molar-refractivity contribution in [3.8, 4) is 0 Å². The summed E-state index contributed by atoms with van der Waals surface area (Å²) in [4.78, 5) is 6.57. The van der Waals surface area contributed by atoms with Crippen LogP contribution in [0.1, 0.15) is 31.4 Å². The zero-order valence-electron chi connectivity index (χ0n) is 15.4. The fourth-order valence-corrected chi connectivity index (χ4v) is 2.78. The van der Waals surface area contributed by atoms with Gasteiger partial charge in [0.2, 0.25) is 0 Å². The summed E-state index contributed by atoms with van der Waals surface area (Å²) in [6.45, 7) is 8.27. The highest BCUT2D eigenvalue weighted by molar-refractivity contribution is 5.79. The molecule has 24 heavy (non-hydrogen) atoms. The van der Waals surface area contributed by atoms with Crippen LogP contribution in [0.25, 0.3) is 0 Å². The van der Waals surface area contributed by atoms with Crippen LogP contribution in [0, 0.1) is 5.92 Å². The predicted octanol–water partition coefficient (Wildman–Crippen LogP) is 2.66. The number of nitrogens with one attached hydrogen (secondary N) is 1. The lowest BCUT2D eigenvalue weighted by molar-refractivity contribution is 0.0657. The third-order valence-electron chi connectivity index (χ3n) is 4.19. The smallest absolute Gasteiger partial charge is 0.193 e. The van der Waals surface area contributed by atoms with Gasteiger partial charge in [-0.25, -0.2) is 0 Å². The van der Waals surface area contributed by atoms with Crippen molar-refractivity contribution in [2.75, 3.05) is 33.9 Å². The largest absolute Gasteiger partial charge is 0.381 e. The van der Waals surface area contributed by atoms with Crippen molar-refractivity contribution in [3.05, 3.63) is 35.4 Å². The lowest BCUT2D eigenvalue weighted by Crippen LogP contribution is -2.41. The van der Waals surface area contributed by atoms with E-state index in [-0.39, 0.29) is 6.10 Å². The number of aliphatic imine (C=N–C) groups is 1. The van der Waals surface area contributed by atoms with Crippen LogP contribution in [0.3, 0.4) is 0 Å². The topological polar surface area (TPSA) is 46.1 Å². The van der Waals surface area contributed by atoms with Crippen molar-refractivity contribution in [1.82, 2.24) is 10.2 Å². The Hall–Kier alpha value is -1.59. The van der Waals surface area contributed by atoms with Crippen LogP contribution in [-0.4, -0.2) is 50.8 Å². The highest BCUT2D eigenvalue weighted by atomic mass is 16.5. The molecule has 1 aromatic carbocycles. The molecule has 0 aliphatic carbocycles. The summed E-state index contributed by atoms with van der Waals surface area (Å²) in [5.41, 5.74) is 2.44. The molecule has 1 unspecified atom stereocenters. The Kier molecular flexibility index (Phi) is 7.53. The summed E-state index contributed by atoms with van der Waals surface area (Å²) >= 11 is 0. The minimum Gasteiger partial charge on any atom is -0.381 e. The molecule has 1 aliphatic heterocycles. The second-order valence-corrected chi connectivity index (χ2v) is 6.69. The standard InChI is InChI=1S/C19H31N3O2/c1-15(2)24-14-17-7-5-16(6-8-17)11-21-19(20-3)22(4)12-18-9-10-23-13-18/h5-8,15,18H,9-14H2,1-4H3,(H,20,21). The Morgan fingerprint density at radius 2 is 2.04 bits per heavy atom. The quantitative estimate of drug-likeness (QED) is 0.615. The fourth-order valence-electron chi connectivity index (χ4n) is 2.78. The number of rotatable bonds is 7. The van der Waals surface area contributed by atoms with Gasteiger partial charge in [0.15, 0.2) is 5.96 Å². The molecule has 1 saturated heterocycles. The molecule has 1 heterocycles. The first-order valence-electron chi connectivity index (χ1n) is 8.77. The van der Waals surface area contributed by atoms with Gasteiger partial charge in [0, 0.05) is 39.7 Å². The third-order valence-corrected chi connectivity index (χ3v) is 4.19. The summed E-state index contributed by atoms with van der Waals surface area (Å²) in [5.74, 6) is 1.53. The molecular weight excluding hydrogens is 302 g/mol. The Morgan fingerprint density at radius 1 is 1.33 bits per heavy atom. The number of nitrogens with zero attached hydrogens (tertiary/aromatic N) is 2. The molecule has 134 valence electrons. The summed E-state index contributed by atoms with van der Waals surface area (Å²) in [6, 6.07) is 8.54. The predicted molar refractivity (Wildman–Crippen MR) is 98.1 cm³/mol. The van der Waals surface area contributed by atoms with Crippen molar-refractivity contribution in [1.29, 1.82) is 0 Å². The van der Waals surface area contributed by atoms with Crippen LogP contribution in [0.2, 0.25) is 0 Å². The molecule has 5 heteroatoms. The number of hydrogen-bond acceptors (Lipinski definition) is 3. The van der Waals surface area contributed by atoms with E-state index in [1.807, 2.05) is 7.05 Å². The molecule has 0 radical (unpaired) electrons.